The molecule has 0 saturated heterocycles. The molecular formula is C30H16N2Zr. The Balaban J connectivity index is 1.39. The first kappa shape index (κ1) is 18.1. The first-order valence-corrected chi connectivity index (χ1v) is 13.6. The van der Waals surface area contributed by atoms with E-state index in [4.69, 9.17) is 9.98 Å². The quantitative estimate of drug-likeness (QED) is 0.407. The third-order valence-electron chi connectivity index (χ3n) is 6.89. The van der Waals surface area contributed by atoms with Crippen LogP contribution in [-0.4, -0.2) is 0 Å². The number of fused-ring (bicyclic) bond motifs is 8. The molecule has 4 aliphatic rings. The first-order chi connectivity index (χ1) is 16.3. The van der Waals surface area contributed by atoms with Crippen molar-refractivity contribution >= 4 is 29.8 Å². The fraction of sp³-hybridized carbons (Fsp3) is 0. The van der Waals surface area contributed by atoms with Crippen LogP contribution in [0, 0.1) is 0 Å². The molecule has 0 atom stereocenters. The van der Waals surface area contributed by atoms with Crippen molar-refractivity contribution in [2.24, 2.45) is 9.98 Å². The van der Waals surface area contributed by atoms with Gasteiger partial charge >= 0.3 is 203 Å². The van der Waals surface area contributed by atoms with Crippen molar-refractivity contribution in [2.45, 2.75) is 0 Å². The van der Waals surface area contributed by atoms with Crippen LogP contribution in [0.15, 0.2) is 106 Å². The minimum atomic E-state index is -1.13. The summed E-state index contributed by atoms with van der Waals surface area (Å²) >= 11 is -1.13. The molecule has 4 aromatic rings. The van der Waals surface area contributed by atoms with Gasteiger partial charge in [-0.05, 0) is 0 Å². The summed E-state index contributed by atoms with van der Waals surface area (Å²) in [6, 6.07) is 30.7. The Kier molecular flexibility index (Phi) is 3.59. The number of benzene rings is 4. The van der Waals surface area contributed by atoms with Crippen molar-refractivity contribution in [3.8, 4) is 0 Å². The average Bonchev–Trinajstić information content (AvgIpc) is 3.56. The summed E-state index contributed by atoms with van der Waals surface area (Å²) in [6.07, 6.45) is 4.47. The van der Waals surface area contributed by atoms with Gasteiger partial charge in [-0.1, -0.05) is 0 Å². The number of hydrogen-bond donors (Lipinski definition) is 0. The molecule has 150 valence electrons. The van der Waals surface area contributed by atoms with E-state index in [1.54, 1.807) is 0 Å². The molecule has 2 aliphatic heterocycles. The second kappa shape index (κ2) is 6.56. The molecule has 0 amide bonds. The third-order valence-corrected chi connectivity index (χ3v) is 10.3. The van der Waals surface area contributed by atoms with Crippen LogP contribution < -0.4 is 27.7 Å². The standard InChI is InChI=1S/2C15H8N.Zr/c2*1-2-6-11-10(5-1)9-14-15(11)12-7-3-4-8-13(12)16-14;/h2*1-6,8-9H;. The molecule has 33 heavy (non-hydrogen) atoms. The molecule has 0 aromatic heterocycles. The molecule has 2 aliphatic carbocycles. The van der Waals surface area contributed by atoms with Gasteiger partial charge in [-0.2, -0.15) is 0 Å². The van der Waals surface area contributed by atoms with Crippen molar-refractivity contribution < 1.29 is 23.2 Å². The molecule has 3 heteroatoms. The van der Waals surface area contributed by atoms with E-state index >= 15 is 0 Å². The van der Waals surface area contributed by atoms with E-state index in [0.29, 0.717) is 0 Å². The Bertz CT molecular complexity index is 1750. The maximum atomic E-state index is 5.00. The van der Waals surface area contributed by atoms with Gasteiger partial charge in [0.2, 0.25) is 0 Å². The van der Waals surface area contributed by atoms with Crippen LogP contribution in [0.5, 0.6) is 0 Å². The zero-order valence-electron chi connectivity index (χ0n) is 17.6. The maximum absolute atomic E-state index is 5.00. The van der Waals surface area contributed by atoms with Crippen LogP contribution in [0.3, 0.4) is 0 Å². The predicted molar refractivity (Wildman–Crippen MR) is 128 cm³/mol. The summed E-state index contributed by atoms with van der Waals surface area (Å²) in [7, 11) is 0. The second-order valence-corrected chi connectivity index (χ2v) is 12.0. The van der Waals surface area contributed by atoms with E-state index in [0.717, 1.165) is 22.1 Å². The predicted octanol–water partition coefficient (Wildman–Crippen LogP) is 2.09. The normalized spacial score (nSPS) is 15.4. The van der Waals surface area contributed by atoms with Gasteiger partial charge in [-0.25, -0.2) is 0 Å². The van der Waals surface area contributed by atoms with Crippen LogP contribution in [0.1, 0.15) is 22.3 Å². The van der Waals surface area contributed by atoms with Gasteiger partial charge in [0, 0.05) is 0 Å². The van der Waals surface area contributed by atoms with Crippen LogP contribution in [0.2, 0.25) is 0 Å². The molecular weight excluding hydrogens is 480 g/mol. The molecule has 2 nitrogen and oxygen atoms in total. The fourth-order valence-corrected chi connectivity index (χ4v) is 8.98. The van der Waals surface area contributed by atoms with Gasteiger partial charge in [-0.15, -0.1) is 0 Å². The molecule has 2 heterocycles. The Hall–Kier alpha value is -3.42. The van der Waals surface area contributed by atoms with Crippen LogP contribution >= 0.6 is 0 Å². The molecule has 0 fully saturated rings. The first-order valence-electron chi connectivity index (χ1n) is 11.2. The van der Waals surface area contributed by atoms with Gasteiger partial charge in [-0.3, -0.25) is 0 Å². The van der Waals surface area contributed by atoms with E-state index in [1.165, 1.54) is 50.4 Å². The van der Waals surface area contributed by atoms with Gasteiger partial charge in [0.1, 0.15) is 0 Å². The monoisotopic (exact) mass is 494 g/mol. The second-order valence-electron chi connectivity index (χ2n) is 8.73. The summed E-state index contributed by atoms with van der Waals surface area (Å²) in [5, 5.41) is 4.97. The molecule has 0 spiro atoms. The van der Waals surface area contributed by atoms with E-state index < -0.39 is 23.2 Å². The van der Waals surface area contributed by atoms with Crippen LogP contribution in [0.4, 0.5) is 0 Å². The van der Waals surface area contributed by atoms with E-state index in [9.17, 15) is 0 Å². The molecule has 8 rings (SSSR count). The van der Waals surface area contributed by atoms with Crippen molar-refractivity contribution in [1.29, 1.82) is 0 Å². The molecule has 0 N–H and O–H groups in total. The van der Waals surface area contributed by atoms with Crippen LogP contribution in [-0.2, 0) is 23.2 Å². The van der Waals surface area contributed by atoms with Crippen molar-refractivity contribution in [1.82, 2.24) is 0 Å². The summed E-state index contributed by atoms with van der Waals surface area (Å²) in [5.74, 6) is 0. The van der Waals surface area contributed by atoms with Crippen molar-refractivity contribution in [2.75, 3.05) is 0 Å². The Morgan fingerprint density at radius 2 is 0.970 bits per heavy atom. The Morgan fingerprint density at radius 1 is 0.485 bits per heavy atom. The van der Waals surface area contributed by atoms with Gasteiger partial charge in [0.05, 0.1) is 0 Å². The van der Waals surface area contributed by atoms with E-state index in [1.807, 2.05) is 0 Å². The summed E-state index contributed by atoms with van der Waals surface area (Å²) < 4.78 is 2.99. The van der Waals surface area contributed by atoms with E-state index in [-0.39, 0.29) is 0 Å². The molecule has 4 aromatic carbocycles. The van der Waals surface area contributed by atoms with Gasteiger partial charge in [0.25, 0.3) is 0 Å². The summed E-state index contributed by atoms with van der Waals surface area (Å²) in [5.41, 5.74) is 10.1. The fourth-order valence-electron chi connectivity index (χ4n) is 5.52. The third kappa shape index (κ3) is 2.46. The molecule has 0 saturated carbocycles. The van der Waals surface area contributed by atoms with Crippen LogP contribution in [0.25, 0.3) is 23.3 Å². The van der Waals surface area contributed by atoms with E-state index in [2.05, 4.69) is 97.1 Å². The Labute approximate surface area is 201 Å². The number of allylic oxidation sites excluding steroid dienone is 2. The Morgan fingerprint density at radius 3 is 1.48 bits per heavy atom. The zero-order chi connectivity index (χ0) is 21.5. The molecule has 0 radical (unpaired) electrons. The SMILES string of the molecule is C1=C2N=c3ccc[c]([Zr][c]4cccc5c4=C4C(=Cc6ccccc64)N=5)c3=C2c2ccccc21. The molecule has 0 bridgehead atoms. The van der Waals surface area contributed by atoms with Gasteiger partial charge in [0.15, 0.2) is 0 Å². The minimum absolute atomic E-state index is 1.12. The van der Waals surface area contributed by atoms with Gasteiger partial charge < -0.3 is 0 Å². The number of rotatable bonds is 2. The summed E-state index contributed by atoms with van der Waals surface area (Å²) in [6.45, 7) is 0. The number of hydrogen-bond acceptors (Lipinski definition) is 2. The topological polar surface area (TPSA) is 24.7 Å². The molecule has 0 unspecified atom stereocenters. The van der Waals surface area contributed by atoms with Crippen molar-refractivity contribution in [3.05, 3.63) is 140 Å². The average molecular weight is 496 g/mol. The summed E-state index contributed by atoms with van der Waals surface area (Å²) in [4.78, 5) is 10.0. The van der Waals surface area contributed by atoms with Crippen molar-refractivity contribution in [3.63, 3.8) is 0 Å². The zero-order valence-corrected chi connectivity index (χ0v) is 20.1. The number of nitrogens with zero attached hydrogens (tertiary/aromatic N) is 2.